The Labute approximate surface area is 264 Å². The molecule has 3 rings (SSSR count). The van der Waals surface area contributed by atoms with Crippen LogP contribution in [0.5, 0.6) is 11.5 Å². The number of unbranched alkanes of at least 4 members (excludes halogenated alkanes) is 2. The van der Waals surface area contributed by atoms with Gasteiger partial charge in [0.1, 0.15) is 17.6 Å². The summed E-state index contributed by atoms with van der Waals surface area (Å²) in [5.74, 6) is -0.923. The van der Waals surface area contributed by atoms with E-state index in [1.165, 1.54) is 47.0 Å². The summed E-state index contributed by atoms with van der Waals surface area (Å²) >= 11 is 4.71. The minimum Gasteiger partial charge on any atom is -0.491 e. The second kappa shape index (κ2) is 16.5. The summed E-state index contributed by atoms with van der Waals surface area (Å²) in [6.45, 7) is 16.9. The molecule has 2 unspecified atom stereocenters. The number of carboxylic acid groups (broad SMARTS) is 2. The van der Waals surface area contributed by atoms with Gasteiger partial charge in [0.05, 0.1) is 47.8 Å². The molecular weight excluding hydrogens is 613 g/mol. The number of carbonyl (C=O) groups is 2. The Balaban J connectivity index is 2.19. The quantitative estimate of drug-likeness (QED) is 0.101. The van der Waals surface area contributed by atoms with Crippen molar-refractivity contribution < 1.29 is 29.3 Å². The first-order chi connectivity index (χ1) is 20.2. The van der Waals surface area contributed by atoms with Gasteiger partial charge in [-0.15, -0.1) is 0 Å². The van der Waals surface area contributed by atoms with Crippen molar-refractivity contribution in [1.82, 2.24) is 0 Å². The molecule has 12 heteroatoms. The number of rotatable bonds is 16. The predicted octanol–water partition coefficient (Wildman–Crippen LogP) is 9.27. The first-order valence-electron chi connectivity index (χ1n) is 14.2. The van der Waals surface area contributed by atoms with Crippen LogP contribution in [-0.4, -0.2) is 35.4 Å². The number of thioether (sulfide) groups is 4. The molecule has 0 saturated carbocycles. The van der Waals surface area contributed by atoms with Gasteiger partial charge in [-0.05, 0) is 24.7 Å². The van der Waals surface area contributed by atoms with E-state index in [1.54, 1.807) is 0 Å². The molecule has 0 amide bonds. The summed E-state index contributed by atoms with van der Waals surface area (Å²) in [5.41, 5.74) is -0.704. The van der Waals surface area contributed by atoms with Crippen LogP contribution in [-0.2, 0) is 9.59 Å². The van der Waals surface area contributed by atoms with Gasteiger partial charge in [0, 0.05) is 0 Å². The minimum absolute atomic E-state index is 0.311. The molecular formula is C30H36N2O6S4. The summed E-state index contributed by atoms with van der Waals surface area (Å²) in [7, 11) is 0. The Kier molecular flexibility index (Phi) is 13.4. The fourth-order valence-electron chi connectivity index (χ4n) is 4.42. The zero-order valence-electron chi connectivity index (χ0n) is 24.3. The topological polar surface area (TPSA) is 121 Å². The molecule has 2 heterocycles. The van der Waals surface area contributed by atoms with E-state index in [9.17, 15) is 25.1 Å². The summed E-state index contributed by atoms with van der Waals surface area (Å²) < 4.78 is 13.7. The van der Waals surface area contributed by atoms with Crippen LogP contribution >= 0.6 is 47.0 Å². The summed E-state index contributed by atoms with van der Waals surface area (Å²) in [6, 6.07) is 1.82. The maximum atomic E-state index is 11.9. The number of nitrogens with zero attached hydrogens (tertiary/aromatic N) is 2. The zero-order chi connectivity index (χ0) is 30.8. The Morgan fingerprint density at radius 2 is 1.24 bits per heavy atom. The molecule has 1 aromatic rings. The van der Waals surface area contributed by atoms with Crippen molar-refractivity contribution in [3.63, 3.8) is 0 Å². The molecule has 42 heavy (non-hydrogen) atoms. The first-order valence-corrected chi connectivity index (χ1v) is 17.4. The lowest BCUT2D eigenvalue weighted by atomic mass is 10.0. The van der Waals surface area contributed by atoms with Crippen molar-refractivity contribution in [1.29, 1.82) is 5.26 Å². The third-order valence-corrected chi connectivity index (χ3v) is 12.2. The minimum atomic E-state index is -1.30. The van der Waals surface area contributed by atoms with Crippen LogP contribution in [0, 0.1) is 29.7 Å². The fraction of sp³-hybridized carbons (Fsp3) is 0.533. The lowest BCUT2D eigenvalue weighted by molar-refractivity contribution is -0.133. The van der Waals surface area contributed by atoms with E-state index < -0.39 is 11.9 Å². The Hall–Kier alpha value is -2.38. The maximum absolute atomic E-state index is 11.9. The Bertz CT molecular complexity index is 1200. The van der Waals surface area contributed by atoms with Crippen molar-refractivity contribution in [2.75, 3.05) is 13.2 Å². The van der Waals surface area contributed by atoms with Crippen LogP contribution < -0.4 is 9.47 Å². The predicted molar refractivity (Wildman–Crippen MR) is 169 cm³/mol. The standard InChI is InChI=1S/C30H36N2O6S4/c1-6-10-12-17(8-3)15-37-21-23-24(40-29(39-23)19(14-31)27(33)34)22(38-16-18(9-4)13-11-7-2)26-25(21)41-30(42-26)20(32-5)28(35)36/h17-18H,6-13,15-16H2,1-4H3,(H,33,34)(H,35,36). The highest BCUT2D eigenvalue weighted by Gasteiger charge is 2.39. The number of benzene rings is 1. The molecule has 0 radical (unpaired) electrons. The molecule has 0 aliphatic carbocycles. The van der Waals surface area contributed by atoms with Gasteiger partial charge in [-0.1, -0.05) is 113 Å². The highest BCUT2D eigenvalue weighted by atomic mass is 32.2. The van der Waals surface area contributed by atoms with Crippen LogP contribution in [0.2, 0.25) is 0 Å². The highest BCUT2D eigenvalue weighted by Crippen LogP contribution is 2.68. The Morgan fingerprint density at radius 1 is 0.810 bits per heavy atom. The number of fused-ring (bicyclic) bond motifs is 2. The van der Waals surface area contributed by atoms with E-state index in [2.05, 4.69) is 32.5 Å². The maximum Gasteiger partial charge on any atom is 0.348 e. The van der Waals surface area contributed by atoms with Crippen molar-refractivity contribution >= 4 is 59.0 Å². The van der Waals surface area contributed by atoms with Crippen molar-refractivity contribution in [2.24, 2.45) is 11.8 Å². The van der Waals surface area contributed by atoms with Crippen LogP contribution in [0.15, 0.2) is 39.3 Å². The number of carboxylic acids is 2. The van der Waals surface area contributed by atoms with Crippen LogP contribution in [0.25, 0.3) is 4.85 Å². The largest absolute Gasteiger partial charge is 0.491 e. The smallest absolute Gasteiger partial charge is 0.348 e. The number of aliphatic carboxylic acids is 2. The number of hydrogen-bond donors (Lipinski definition) is 2. The molecule has 2 atom stereocenters. The van der Waals surface area contributed by atoms with E-state index in [4.69, 9.17) is 16.0 Å². The number of ether oxygens (including phenoxy) is 2. The van der Waals surface area contributed by atoms with Gasteiger partial charge < -0.3 is 19.7 Å². The highest BCUT2D eigenvalue weighted by molar-refractivity contribution is 8.26. The molecule has 1 aromatic carbocycles. The molecule has 226 valence electrons. The SMILES string of the molecule is [C-]#[N+]C(C(=O)O)=C1Sc2c(OCC(CC)CCCC)c3c(c(OCC(CC)CCCC)c2S1)SC(=C(C#N)C(=O)O)S3. The zero-order valence-corrected chi connectivity index (χ0v) is 27.5. The molecule has 2 aliphatic heterocycles. The third-order valence-electron chi connectivity index (χ3n) is 7.07. The summed E-state index contributed by atoms with van der Waals surface area (Å²) in [5, 5.41) is 29.0. The number of hydrogen-bond acceptors (Lipinski definition) is 9. The van der Waals surface area contributed by atoms with Gasteiger partial charge in [-0.3, -0.25) is 4.79 Å². The van der Waals surface area contributed by atoms with Crippen LogP contribution in [0.3, 0.4) is 0 Å². The molecule has 0 aromatic heterocycles. The molecule has 8 nitrogen and oxygen atoms in total. The number of nitriles is 1. The van der Waals surface area contributed by atoms with E-state index in [0.29, 0.717) is 64.6 Å². The fourth-order valence-corrected chi connectivity index (χ4v) is 9.81. The van der Waals surface area contributed by atoms with E-state index in [0.717, 1.165) is 51.4 Å². The Morgan fingerprint density at radius 3 is 1.55 bits per heavy atom. The first kappa shape index (κ1) is 34.1. The average Bonchev–Trinajstić information content (AvgIpc) is 3.59. The van der Waals surface area contributed by atoms with Crippen molar-refractivity contribution in [2.45, 2.75) is 98.6 Å². The van der Waals surface area contributed by atoms with E-state index in [-0.39, 0.29) is 11.3 Å². The van der Waals surface area contributed by atoms with Gasteiger partial charge in [0.2, 0.25) is 0 Å². The van der Waals surface area contributed by atoms with Gasteiger partial charge >= 0.3 is 11.9 Å². The summed E-state index contributed by atoms with van der Waals surface area (Å²) in [4.78, 5) is 29.8. The van der Waals surface area contributed by atoms with Crippen LogP contribution in [0.1, 0.15) is 79.1 Å². The van der Waals surface area contributed by atoms with Gasteiger partial charge in [0.25, 0.3) is 5.70 Å². The normalized spacial score (nSPS) is 14.8. The molecule has 0 spiro atoms. The van der Waals surface area contributed by atoms with Gasteiger partial charge in [-0.2, -0.15) is 5.26 Å². The van der Waals surface area contributed by atoms with E-state index >= 15 is 0 Å². The van der Waals surface area contributed by atoms with Gasteiger partial charge in [-0.25, -0.2) is 9.64 Å². The molecule has 2 N–H and O–H groups in total. The lowest BCUT2D eigenvalue weighted by Gasteiger charge is -2.22. The monoisotopic (exact) mass is 648 g/mol. The van der Waals surface area contributed by atoms with Crippen molar-refractivity contribution in [3.8, 4) is 17.6 Å². The molecule has 2 aliphatic rings. The van der Waals surface area contributed by atoms with Crippen molar-refractivity contribution in [3.05, 3.63) is 31.2 Å². The molecule has 0 fully saturated rings. The average molecular weight is 649 g/mol. The lowest BCUT2D eigenvalue weighted by Crippen LogP contribution is -2.14. The van der Waals surface area contributed by atoms with Gasteiger partial charge in [0.15, 0.2) is 5.57 Å². The molecule has 0 bridgehead atoms. The van der Waals surface area contributed by atoms with Crippen LogP contribution in [0.4, 0.5) is 0 Å². The molecule has 0 saturated heterocycles. The summed E-state index contributed by atoms with van der Waals surface area (Å²) in [6.07, 6.45) is 8.18. The van der Waals surface area contributed by atoms with E-state index in [1.807, 2.05) is 6.07 Å². The third kappa shape index (κ3) is 7.96. The second-order valence-electron chi connectivity index (χ2n) is 9.97. The second-order valence-corrected chi connectivity index (χ2v) is 14.6.